The predicted octanol–water partition coefficient (Wildman–Crippen LogP) is 0.0768. The molecule has 0 saturated carbocycles. The van der Waals surface area contributed by atoms with Crippen molar-refractivity contribution in [1.82, 2.24) is 9.80 Å². The van der Waals surface area contributed by atoms with E-state index in [0.717, 1.165) is 31.7 Å². The number of hydrogen-bond donors (Lipinski definition) is 2. The van der Waals surface area contributed by atoms with Crippen molar-refractivity contribution in [1.29, 1.82) is 0 Å². The van der Waals surface area contributed by atoms with E-state index in [4.69, 9.17) is 15.2 Å². The zero-order chi connectivity index (χ0) is 18.4. The van der Waals surface area contributed by atoms with Crippen LogP contribution >= 0.6 is 0 Å². The van der Waals surface area contributed by atoms with Gasteiger partial charge in [0.15, 0.2) is 0 Å². The van der Waals surface area contributed by atoms with Crippen LogP contribution in [0.3, 0.4) is 0 Å². The van der Waals surface area contributed by atoms with Crippen molar-refractivity contribution in [2.45, 2.75) is 31.2 Å². The molecular formula is C19H29N3O4. The first-order chi connectivity index (χ1) is 12.7. The number of amides is 1. The number of hydrogen-bond acceptors (Lipinski definition) is 6. The molecule has 2 heterocycles. The van der Waals surface area contributed by atoms with Crippen LogP contribution in [0, 0.1) is 0 Å². The first-order valence-corrected chi connectivity index (χ1v) is 9.38. The SMILES string of the molecule is NC[C@H]1CC[C@@H](C(=O)N2CCN(CC(O)COc3ccccc3)CC2)O1. The monoisotopic (exact) mass is 363 g/mol. The summed E-state index contributed by atoms with van der Waals surface area (Å²) in [5, 5.41) is 10.2. The molecule has 1 amide bonds. The molecule has 0 spiro atoms. The van der Waals surface area contributed by atoms with Crippen LogP contribution in [-0.2, 0) is 9.53 Å². The predicted molar refractivity (Wildman–Crippen MR) is 97.9 cm³/mol. The van der Waals surface area contributed by atoms with Crippen molar-refractivity contribution >= 4 is 5.91 Å². The number of aliphatic hydroxyl groups is 1. The standard InChI is InChI=1S/C19H29N3O4/c20-12-17-6-7-18(26-17)19(24)22-10-8-21(9-11-22)13-15(23)14-25-16-4-2-1-3-5-16/h1-5,15,17-18,23H,6-14,20H2/t15?,17-,18+/m1/s1. The largest absolute Gasteiger partial charge is 0.491 e. The second-order valence-corrected chi connectivity index (χ2v) is 6.96. The minimum Gasteiger partial charge on any atom is -0.491 e. The fourth-order valence-corrected chi connectivity index (χ4v) is 3.48. The molecular weight excluding hydrogens is 334 g/mol. The van der Waals surface area contributed by atoms with E-state index < -0.39 is 6.10 Å². The van der Waals surface area contributed by atoms with E-state index in [0.29, 0.717) is 26.2 Å². The molecule has 2 fully saturated rings. The number of carbonyl (C=O) groups is 1. The molecule has 1 aromatic rings. The van der Waals surface area contributed by atoms with Crippen LogP contribution < -0.4 is 10.5 Å². The van der Waals surface area contributed by atoms with Crippen molar-refractivity contribution < 1.29 is 19.4 Å². The average molecular weight is 363 g/mol. The number of nitrogens with two attached hydrogens (primary N) is 1. The van der Waals surface area contributed by atoms with Gasteiger partial charge in [0, 0.05) is 39.3 Å². The van der Waals surface area contributed by atoms with Crippen LogP contribution in [-0.4, -0.2) is 85.0 Å². The summed E-state index contributed by atoms with van der Waals surface area (Å²) in [7, 11) is 0. The van der Waals surface area contributed by atoms with Gasteiger partial charge in [-0.1, -0.05) is 18.2 Å². The normalized spacial score (nSPS) is 25.2. The fourth-order valence-electron chi connectivity index (χ4n) is 3.48. The van der Waals surface area contributed by atoms with Crippen LogP contribution in [0.1, 0.15) is 12.8 Å². The number of ether oxygens (including phenoxy) is 2. The summed E-state index contributed by atoms with van der Waals surface area (Å²) in [4.78, 5) is 16.6. The molecule has 1 aromatic carbocycles. The van der Waals surface area contributed by atoms with Crippen molar-refractivity contribution in [3.63, 3.8) is 0 Å². The minimum atomic E-state index is -0.555. The molecule has 0 radical (unpaired) electrons. The number of piperazine rings is 1. The lowest BCUT2D eigenvalue weighted by Gasteiger charge is -2.36. The zero-order valence-corrected chi connectivity index (χ0v) is 15.1. The van der Waals surface area contributed by atoms with Crippen LogP contribution in [0.2, 0.25) is 0 Å². The molecule has 7 heteroatoms. The fraction of sp³-hybridized carbons (Fsp3) is 0.632. The number of para-hydroxylation sites is 1. The van der Waals surface area contributed by atoms with Crippen LogP contribution in [0.25, 0.3) is 0 Å². The van der Waals surface area contributed by atoms with Gasteiger partial charge >= 0.3 is 0 Å². The summed E-state index contributed by atoms with van der Waals surface area (Å²) in [5.41, 5.74) is 5.61. The highest BCUT2D eigenvalue weighted by molar-refractivity contribution is 5.81. The van der Waals surface area contributed by atoms with Crippen LogP contribution in [0.15, 0.2) is 30.3 Å². The van der Waals surface area contributed by atoms with Gasteiger partial charge in [-0.15, -0.1) is 0 Å². The number of carbonyl (C=O) groups excluding carboxylic acids is 1. The Morgan fingerprint density at radius 1 is 1.23 bits per heavy atom. The summed E-state index contributed by atoms with van der Waals surface area (Å²) in [6, 6.07) is 9.48. The lowest BCUT2D eigenvalue weighted by molar-refractivity contribution is -0.144. The molecule has 0 aromatic heterocycles. The van der Waals surface area contributed by atoms with Gasteiger partial charge in [-0.2, -0.15) is 0 Å². The Kier molecular flexibility index (Phi) is 6.85. The smallest absolute Gasteiger partial charge is 0.251 e. The van der Waals surface area contributed by atoms with E-state index in [9.17, 15) is 9.90 Å². The molecule has 0 aliphatic carbocycles. The maximum Gasteiger partial charge on any atom is 0.251 e. The third kappa shape index (κ3) is 5.17. The van der Waals surface area contributed by atoms with E-state index in [1.807, 2.05) is 35.2 Å². The van der Waals surface area contributed by atoms with Crippen LogP contribution in [0.5, 0.6) is 5.75 Å². The highest BCUT2D eigenvalue weighted by Gasteiger charge is 2.34. The molecule has 2 saturated heterocycles. The van der Waals surface area contributed by atoms with Gasteiger partial charge < -0.3 is 25.2 Å². The number of β-amino-alcohol motifs (C(OH)–C–C–N with tert-alkyl or cyclic N) is 1. The molecule has 144 valence electrons. The highest BCUT2D eigenvalue weighted by atomic mass is 16.5. The molecule has 2 aliphatic rings. The summed E-state index contributed by atoms with van der Waals surface area (Å²) in [5.74, 6) is 0.836. The van der Waals surface area contributed by atoms with Crippen molar-refractivity contribution in [2.75, 3.05) is 45.9 Å². The molecule has 2 aliphatic heterocycles. The van der Waals surface area contributed by atoms with E-state index >= 15 is 0 Å². The van der Waals surface area contributed by atoms with E-state index in [1.165, 1.54) is 0 Å². The Hall–Kier alpha value is -1.67. The number of nitrogens with zero attached hydrogens (tertiary/aromatic N) is 2. The second-order valence-electron chi connectivity index (χ2n) is 6.96. The Bertz CT molecular complexity index is 563. The van der Waals surface area contributed by atoms with Crippen molar-refractivity contribution in [3.05, 3.63) is 30.3 Å². The first-order valence-electron chi connectivity index (χ1n) is 9.38. The molecule has 3 atom stereocenters. The van der Waals surface area contributed by atoms with Gasteiger partial charge in [0.05, 0.1) is 6.10 Å². The zero-order valence-electron chi connectivity index (χ0n) is 15.1. The molecule has 1 unspecified atom stereocenters. The maximum absolute atomic E-state index is 12.5. The van der Waals surface area contributed by atoms with Gasteiger partial charge in [0.2, 0.25) is 0 Å². The topological polar surface area (TPSA) is 88.3 Å². The maximum atomic E-state index is 12.5. The molecule has 7 nitrogen and oxygen atoms in total. The van der Waals surface area contributed by atoms with Gasteiger partial charge in [0.25, 0.3) is 5.91 Å². The quantitative estimate of drug-likeness (QED) is 0.713. The number of aliphatic hydroxyl groups excluding tert-OH is 1. The summed E-state index contributed by atoms with van der Waals surface area (Å²) in [6.45, 7) is 4.11. The lowest BCUT2D eigenvalue weighted by atomic mass is 10.1. The Morgan fingerprint density at radius 2 is 1.96 bits per heavy atom. The number of rotatable bonds is 7. The molecule has 3 N–H and O–H groups in total. The Labute approximate surface area is 154 Å². The first kappa shape index (κ1) is 19.1. The Balaban J connectivity index is 1.36. The van der Waals surface area contributed by atoms with Gasteiger partial charge in [-0.05, 0) is 25.0 Å². The van der Waals surface area contributed by atoms with E-state index in [-0.39, 0.29) is 24.7 Å². The van der Waals surface area contributed by atoms with Gasteiger partial charge in [-0.3, -0.25) is 9.69 Å². The minimum absolute atomic E-state index is 0.0185. The lowest BCUT2D eigenvalue weighted by Crippen LogP contribution is -2.53. The number of benzene rings is 1. The Morgan fingerprint density at radius 3 is 2.62 bits per heavy atom. The molecule has 0 bridgehead atoms. The van der Waals surface area contributed by atoms with E-state index in [1.54, 1.807) is 0 Å². The average Bonchev–Trinajstić information content (AvgIpc) is 3.16. The van der Waals surface area contributed by atoms with Crippen LogP contribution in [0.4, 0.5) is 0 Å². The van der Waals surface area contributed by atoms with Crippen molar-refractivity contribution in [2.24, 2.45) is 5.73 Å². The molecule has 3 rings (SSSR count). The summed E-state index contributed by atoms with van der Waals surface area (Å²) >= 11 is 0. The van der Waals surface area contributed by atoms with E-state index in [2.05, 4.69) is 4.90 Å². The highest BCUT2D eigenvalue weighted by Crippen LogP contribution is 2.21. The third-order valence-corrected chi connectivity index (χ3v) is 4.98. The summed E-state index contributed by atoms with van der Waals surface area (Å²) in [6.07, 6.45) is 0.752. The van der Waals surface area contributed by atoms with Gasteiger partial charge in [-0.25, -0.2) is 0 Å². The van der Waals surface area contributed by atoms with Gasteiger partial charge in [0.1, 0.15) is 24.6 Å². The molecule has 26 heavy (non-hydrogen) atoms. The summed E-state index contributed by atoms with van der Waals surface area (Å²) < 4.78 is 11.3. The third-order valence-electron chi connectivity index (χ3n) is 4.98. The second kappa shape index (κ2) is 9.32. The van der Waals surface area contributed by atoms with Crippen molar-refractivity contribution in [3.8, 4) is 5.75 Å².